The average Bonchev–Trinajstić information content (AvgIpc) is 2.18. The minimum absolute atomic E-state index is 0.515. The molecular formula is C14H30. The van der Waals surface area contributed by atoms with Gasteiger partial charge in [-0.05, 0) is 36.5 Å². The zero-order valence-corrected chi connectivity index (χ0v) is 11.2. The van der Waals surface area contributed by atoms with E-state index in [4.69, 9.17) is 0 Å². The molecule has 0 fully saturated rings. The molecule has 0 spiro atoms. The summed E-state index contributed by atoms with van der Waals surface area (Å²) in [6.07, 6.45) is 8.09. The van der Waals surface area contributed by atoms with Crippen molar-refractivity contribution in [3.8, 4) is 0 Å². The molecule has 0 bridgehead atoms. The molecule has 0 aromatic carbocycles. The van der Waals surface area contributed by atoms with Crippen molar-refractivity contribution in [2.24, 2.45) is 10.8 Å². The van der Waals surface area contributed by atoms with E-state index in [0.717, 1.165) is 0 Å². The lowest BCUT2D eigenvalue weighted by molar-refractivity contribution is 0.0414. The SMILES string of the molecule is CCCCC(C)(C)C(CC)(CC)CC. The second kappa shape index (κ2) is 5.78. The molecule has 0 aliphatic heterocycles. The predicted molar refractivity (Wildman–Crippen MR) is 66.6 cm³/mol. The van der Waals surface area contributed by atoms with Crippen LogP contribution >= 0.6 is 0 Å². The van der Waals surface area contributed by atoms with E-state index in [2.05, 4.69) is 41.5 Å². The smallest absolute Gasteiger partial charge is 0.0254 e. The normalized spacial score (nSPS) is 13.3. The van der Waals surface area contributed by atoms with E-state index in [0.29, 0.717) is 10.8 Å². The highest BCUT2D eigenvalue weighted by Gasteiger charge is 2.39. The summed E-state index contributed by atoms with van der Waals surface area (Å²) in [7, 11) is 0. The van der Waals surface area contributed by atoms with Gasteiger partial charge in [-0.25, -0.2) is 0 Å². The Kier molecular flexibility index (Phi) is 5.78. The molecule has 0 saturated carbocycles. The molecule has 0 heteroatoms. The van der Waals surface area contributed by atoms with Gasteiger partial charge in [-0.1, -0.05) is 54.4 Å². The van der Waals surface area contributed by atoms with Gasteiger partial charge in [0.15, 0.2) is 0 Å². The summed E-state index contributed by atoms with van der Waals surface area (Å²) in [6.45, 7) is 14.3. The third-order valence-corrected chi connectivity index (χ3v) is 4.62. The predicted octanol–water partition coefficient (Wildman–Crippen LogP) is 5.42. The van der Waals surface area contributed by atoms with Crippen molar-refractivity contribution < 1.29 is 0 Å². The fraction of sp³-hybridized carbons (Fsp3) is 1.00. The van der Waals surface area contributed by atoms with Crippen LogP contribution in [-0.4, -0.2) is 0 Å². The summed E-state index contributed by atoms with van der Waals surface area (Å²) >= 11 is 0. The zero-order valence-electron chi connectivity index (χ0n) is 11.2. The number of rotatable bonds is 7. The largest absolute Gasteiger partial charge is 0.0654 e. The molecule has 0 nitrogen and oxygen atoms in total. The lowest BCUT2D eigenvalue weighted by atomic mass is 9.59. The average molecular weight is 198 g/mol. The highest BCUT2D eigenvalue weighted by molar-refractivity contribution is 4.89. The maximum absolute atomic E-state index is 2.47. The molecule has 0 atom stereocenters. The fourth-order valence-corrected chi connectivity index (χ4v) is 3.07. The lowest BCUT2D eigenvalue weighted by Crippen LogP contribution is -2.36. The van der Waals surface area contributed by atoms with Crippen molar-refractivity contribution in [3.63, 3.8) is 0 Å². The Balaban J connectivity index is 4.60. The minimum Gasteiger partial charge on any atom is -0.0654 e. The molecule has 86 valence electrons. The maximum Gasteiger partial charge on any atom is -0.0254 e. The van der Waals surface area contributed by atoms with Crippen molar-refractivity contribution in [3.05, 3.63) is 0 Å². The standard InChI is InChI=1S/C14H30/c1-7-11-12-13(5,6)14(8-2,9-3)10-4/h7-12H2,1-6H3. The van der Waals surface area contributed by atoms with Crippen molar-refractivity contribution in [1.82, 2.24) is 0 Å². The van der Waals surface area contributed by atoms with Gasteiger partial charge >= 0.3 is 0 Å². The van der Waals surface area contributed by atoms with Gasteiger partial charge in [-0.15, -0.1) is 0 Å². The number of hydrogen-bond donors (Lipinski definition) is 0. The monoisotopic (exact) mass is 198 g/mol. The Bertz CT molecular complexity index is 132. The topological polar surface area (TPSA) is 0 Å². The van der Waals surface area contributed by atoms with Gasteiger partial charge in [-0.2, -0.15) is 0 Å². The Labute approximate surface area is 91.5 Å². The second-order valence-electron chi connectivity index (χ2n) is 5.33. The Morgan fingerprint density at radius 3 is 1.50 bits per heavy atom. The van der Waals surface area contributed by atoms with E-state index in [-0.39, 0.29) is 0 Å². The first-order valence-corrected chi connectivity index (χ1v) is 6.49. The molecule has 0 amide bonds. The van der Waals surface area contributed by atoms with Crippen LogP contribution in [-0.2, 0) is 0 Å². The van der Waals surface area contributed by atoms with Crippen LogP contribution in [0.1, 0.15) is 80.1 Å². The van der Waals surface area contributed by atoms with Gasteiger partial charge in [0.25, 0.3) is 0 Å². The highest BCUT2D eigenvalue weighted by atomic mass is 14.4. The molecular weight excluding hydrogens is 168 g/mol. The van der Waals surface area contributed by atoms with Gasteiger partial charge in [0.1, 0.15) is 0 Å². The van der Waals surface area contributed by atoms with E-state index >= 15 is 0 Å². The van der Waals surface area contributed by atoms with Crippen LogP contribution in [0.2, 0.25) is 0 Å². The van der Waals surface area contributed by atoms with E-state index in [1.165, 1.54) is 38.5 Å². The Morgan fingerprint density at radius 1 is 0.786 bits per heavy atom. The van der Waals surface area contributed by atoms with E-state index in [1.54, 1.807) is 0 Å². The number of hydrogen-bond acceptors (Lipinski definition) is 0. The van der Waals surface area contributed by atoms with Crippen molar-refractivity contribution in [2.45, 2.75) is 80.1 Å². The molecule has 0 N–H and O–H groups in total. The molecule has 0 saturated heterocycles. The summed E-state index contributed by atoms with van der Waals surface area (Å²) in [5, 5.41) is 0. The molecule has 0 rings (SSSR count). The molecule has 0 heterocycles. The minimum atomic E-state index is 0.515. The van der Waals surface area contributed by atoms with Gasteiger partial charge in [-0.3, -0.25) is 0 Å². The number of unbranched alkanes of at least 4 members (excludes halogenated alkanes) is 1. The molecule has 0 aromatic rings. The third-order valence-electron chi connectivity index (χ3n) is 4.62. The fourth-order valence-electron chi connectivity index (χ4n) is 3.07. The first-order valence-electron chi connectivity index (χ1n) is 6.49. The summed E-state index contributed by atoms with van der Waals surface area (Å²) in [5.41, 5.74) is 1.09. The van der Waals surface area contributed by atoms with Crippen molar-refractivity contribution in [1.29, 1.82) is 0 Å². The van der Waals surface area contributed by atoms with Crippen LogP contribution in [0.15, 0.2) is 0 Å². The van der Waals surface area contributed by atoms with Crippen LogP contribution in [0.4, 0.5) is 0 Å². The summed E-state index contributed by atoms with van der Waals surface area (Å²) in [4.78, 5) is 0. The zero-order chi connectivity index (χ0) is 11.2. The Morgan fingerprint density at radius 2 is 1.21 bits per heavy atom. The highest BCUT2D eigenvalue weighted by Crippen LogP contribution is 2.50. The van der Waals surface area contributed by atoms with Crippen LogP contribution in [0.5, 0.6) is 0 Å². The van der Waals surface area contributed by atoms with Crippen LogP contribution < -0.4 is 0 Å². The van der Waals surface area contributed by atoms with E-state index in [9.17, 15) is 0 Å². The van der Waals surface area contributed by atoms with Gasteiger partial charge < -0.3 is 0 Å². The van der Waals surface area contributed by atoms with Crippen LogP contribution in [0.3, 0.4) is 0 Å². The summed E-state index contributed by atoms with van der Waals surface area (Å²) in [5.74, 6) is 0. The van der Waals surface area contributed by atoms with Crippen LogP contribution in [0, 0.1) is 10.8 Å². The molecule has 0 radical (unpaired) electrons. The van der Waals surface area contributed by atoms with Gasteiger partial charge in [0, 0.05) is 0 Å². The first-order chi connectivity index (χ1) is 6.49. The molecule has 0 aromatic heterocycles. The van der Waals surface area contributed by atoms with Crippen LogP contribution in [0.25, 0.3) is 0 Å². The quantitative estimate of drug-likeness (QED) is 0.512. The van der Waals surface area contributed by atoms with Gasteiger partial charge in [0.05, 0.1) is 0 Å². The van der Waals surface area contributed by atoms with E-state index < -0.39 is 0 Å². The first kappa shape index (κ1) is 14.0. The third kappa shape index (κ3) is 2.74. The molecule has 0 unspecified atom stereocenters. The molecule has 14 heavy (non-hydrogen) atoms. The molecule has 0 aliphatic carbocycles. The van der Waals surface area contributed by atoms with Crippen molar-refractivity contribution in [2.75, 3.05) is 0 Å². The summed E-state index contributed by atoms with van der Waals surface area (Å²) < 4.78 is 0. The second-order valence-corrected chi connectivity index (χ2v) is 5.33. The van der Waals surface area contributed by atoms with Crippen molar-refractivity contribution >= 4 is 0 Å². The van der Waals surface area contributed by atoms with Gasteiger partial charge in [0.2, 0.25) is 0 Å². The summed E-state index contributed by atoms with van der Waals surface area (Å²) in [6, 6.07) is 0. The van der Waals surface area contributed by atoms with E-state index in [1.807, 2.05) is 0 Å². The Hall–Kier alpha value is 0. The lowest BCUT2D eigenvalue weighted by Gasteiger charge is -2.46. The molecule has 0 aliphatic rings. The maximum atomic E-state index is 2.47.